The first-order valence-corrected chi connectivity index (χ1v) is 7.71. The van der Waals surface area contributed by atoms with Gasteiger partial charge in [0.1, 0.15) is 5.82 Å². The SMILES string of the molecule is CN(C)Cc1ccccc1CNC(=O)c1ccc(F)cc1Br. The maximum Gasteiger partial charge on any atom is 0.252 e. The Balaban J connectivity index is 2.08. The number of amides is 1. The van der Waals surface area contributed by atoms with Crippen molar-refractivity contribution in [2.45, 2.75) is 13.1 Å². The lowest BCUT2D eigenvalue weighted by molar-refractivity contribution is 0.0950. The second kappa shape index (κ2) is 7.51. The first kappa shape index (κ1) is 16.6. The van der Waals surface area contributed by atoms with E-state index in [0.717, 1.165) is 12.1 Å². The Morgan fingerprint density at radius 2 is 1.86 bits per heavy atom. The van der Waals surface area contributed by atoms with Crippen LogP contribution in [0.3, 0.4) is 0 Å². The molecule has 116 valence electrons. The highest BCUT2D eigenvalue weighted by molar-refractivity contribution is 9.10. The van der Waals surface area contributed by atoms with Crippen molar-refractivity contribution < 1.29 is 9.18 Å². The first-order chi connectivity index (χ1) is 10.5. The molecule has 0 heterocycles. The van der Waals surface area contributed by atoms with E-state index in [9.17, 15) is 9.18 Å². The molecular weight excluding hydrogens is 347 g/mol. The number of carbonyl (C=O) groups excluding carboxylic acids is 1. The highest BCUT2D eigenvalue weighted by Crippen LogP contribution is 2.18. The molecule has 0 spiro atoms. The monoisotopic (exact) mass is 364 g/mol. The second-order valence-electron chi connectivity index (χ2n) is 5.31. The van der Waals surface area contributed by atoms with Crippen LogP contribution in [-0.2, 0) is 13.1 Å². The van der Waals surface area contributed by atoms with Gasteiger partial charge in [-0.2, -0.15) is 0 Å². The first-order valence-electron chi connectivity index (χ1n) is 6.92. The minimum absolute atomic E-state index is 0.230. The largest absolute Gasteiger partial charge is 0.348 e. The normalized spacial score (nSPS) is 10.8. The summed E-state index contributed by atoms with van der Waals surface area (Å²) in [7, 11) is 4.01. The number of halogens is 2. The molecule has 0 radical (unpaired) electrons. The smallest absolute Gasteiger partial charge is 0.252 e. The van der Waals surface area contributed by atoms with Gasteiger partial charge in [0, 0.05) is 17.6 Å². The van der Waals surface area contributed by atoms with Gasteiger partial charge >= 0.3 is 0 Å². The molecule has 0 unspecified atom stereocenters. The maximum atomic E-state index is 13.1. The molecule has 2 rings (SSSR count). The van der Waals surface area contributed by atoms with Crippen molar-refractivity contribution in [2.75, 3.05) is 14.1 Å². The van der Waals surface area contributed by atoms with E-state index in [1.54, 1.807) is 0 Å². The van der Waals surface area contributed by atoms with E-state index in [1.165, 1.54) is 23.8 Å². The van der Waals surface area contributed by atoms with Crippen molar-refractivity contribution in [2.24, 2.45) is 0 Å². The average molecular weight is 365 g/mol. The number of hydrogen-bond donors (Lipinski definition) is 1. The Morgan fingerprint density at radius 3 is 2.50 bits per heavy atom. The Hall–Kier alpha value is -1.72. The molecule has 0 aliphatic heterocycles. The summed E-state index contributed by atoms with van der Waals surface area (Å²) in [6.45, 7) is 1.25. The fourth-order valence-corrected chi connectivity index (χ4v) is 2.70. The van der Waals surface area contributed by atoms with Crippen LogP contribution < -0.4 is 5.32 Å². The number of hydrogen-bond acceptors (Lipinski definition) is 2. The molecule has 0 aliphatic carbocycles. The van der Waals surface area contributed by atoms with Crippen LogP contribution >= 0.6 is 15.9 Å². The summed E-state index contributed by atoms with van der Waals surface area (Å²) in [4.78, 5) is 14.3. The number of carbonyl (C=O) groups is 1. The Bertz CT molecular complexity index is 673. The number of benzene rings is 2. The predicted molar refractivity (Wildman–Crippen MR) is 89.1 cm³/mol. The summed E-state index contributed by atoms with van der Waals surface area (Å²) in [5.74, 6) is -0.605. The van der Waals surface area contributed by atoms with Gasteiger partial charge in [0.25, 0.3) is 5.91 Å². The molecule has 5 heteroatoms. The zero-order chi connectivity index (χ0) is 16.1. The summed E-state index contributed by atoms with van der Waals surface area (Å²) in [6.07, 6.45) is 0. The van der Waals surface area contributed by atoms with Crippen LogP contribution in [0.25, 0.3) is 0 Å². The molecule has 3 nitrogen and oxygen atoms in total. The minimum Gasteiger partial charge on any atom is -0.348 e. The molecule has 1 amide bonds. The van der Waals surface area contributed by atoms with Gasteiger partial charge in [0.05, 0.1) is 5.56 Å². The van der Waals surface area contributed by atoms with Crippen molar-refractivity contribution in [1.82, 2.24) is 10.2 Å². The van der Waals surface area contributed by atoms with Crippen LogP contribution in [0, 0.1) is 5.82 Å². The quantitative estimate of drug-likeness (QED) is 0.879. The molecule has 0 saturated carbocycles. The van der Waals surface area contributed by atoms with E-state index in [-0.39, 0.29) is 11.7 Å². The second-order valence-corrected chi connectivity index (χ2v) is 6.17. The van der Waals surface area contributed by atoms with Gasteiger partial charge in [0.15, 0.2) is 0 Å². The zero-order valence-corrected chi connectivity index (χ0v) is 14.2. The van der Waals surface area contributed by atoms with Crippen LogP contribution in [0.1, 0.15) is 21.5 Å². The van der Waals surface area contributed by atoms with Crippen molar-refractivity contribution in [3.8, 4) is 0 Å². The molecular formula is C17H18BrFN2O. The van der Waals surface area contributed by atoms with Gasteiger partial charge in [-0.3, -0.25) is 4.79 Å². The lowest BCUT2D eigenvalue weighted by Crippen LogP contribution is -2.24. The van der Waals surface area contributed by atoms with E-state index in [4.69, 9.17) is 0 Å². The predicted octanol–water partition coefficient (Wildman–Crippen LogP) is 3.58. The van der Waals surface area contributed by atoms with E-state index >= 15 is 0 Å². The fourth-order valence-electron chi connectivity index (χ4n) is 2.17. The van der Waals surface area contributed by atoms with Gasteiger partial charge in [-0.05, 0) is 59.4 Å². The standard InChI is InChI=1S/C17H18BrFN2O/c1-21(2)11-13-6-4-3-5-12(13)10-20-17(22)15-8-7-14(19)9-16(15)18/h3-9H,10-11H2,1-2H3,(H,20,22). The van der Waals surface area contributed by atoms with Gasteiger partial charge in [-0.1, -0.05) is 24.3 Å². The summed E-state index contributed by atoms with van der Waals surface area (Å²) in [5, 5.41) is 2.88. The minimum atomic E-state index is -0.375. The zero-order valence-electron chi connectivity index (χ0n) is 12.6. The number of rotatable bonds is 5. The van der Waals surface area contributed by atoms with Crippen LogP contribution in [-0.4, -0.2) is 24.9 Å². The van der Waals surface area contributed by atoms with Gasteiger partial charge in [0.2, 0.25) is 0 Å². The Labute approximate surface area is 138 Å². The lowest BCUT2D eigenvalue weighted by atomic mass is 10.1. The molecule has 0 aliphatic rings. The summed E-state index contributed by atoms with van der Waals surface area (Å²) in [6, 6.07) is 12.0. The molecule has 0 aromatic heterocycles. The maximum absolute atomic E-state index is 13.1. The van der Waals surface area contributed by atoms with E-state index < -0.39 is 0 Å². The molecule has 0 saturated heterocycles. The van der Waals surface area contributed by atoms with E-state index in [2.05, 4.69) is 32.2 Å². The topological polar surface area (TPSA) is 32.3 Å². The van der Waals surface area contributed by atoms with Gasteiger partial charge in [-0.15, -0.1) is 0 Å². The third kappa shape index (κ3) is 4.39. The highest BCUT2D eigenvalue weighted by atomic mass is 79.9. The van der Waals surface area contributed by atoms with Crippen molar-refractivity contribution in [1.29, 1.82) is 0 Å². The molecule has 2 aromatic carbocycles. The van der Waals surface area contributed by atoms with Crippen molar-refractivity contribution in [3.63, 3.8) is 0 Å². The summed E-state index contributed by atoms with van der Waals surface area (Å²) in [5.41, 5.74) is 2.67. The molecule has 0 fully saturated rings. The number of nitrogens with one attached hydrogen (secondary N) is 1. The summed E-state index contributed by atoms with van der Waals surface area (Å²) >= 11 is 3.21. The van der Waals surface area contributed by atoms with Crippen LogP contribution in [0.15, 0.2) is 46.9 Å². The van der Waals surface area contributed by atoms with Gasteiger partial charge < -0.3 is 10.2 Å². The number of nitrogens with zero attached hydrogens (tertiary/aromatic N) is 1. The van der Waals surface area contributed by atoms with Crippen LogP contribution in [0.2, 0.25) is 0 Å². The lowest BCUT2D eigenvalue weighted by Gasteiger charge is -2.15. The fraction of sp³-hybridized carbons (Fsp3) is 0.235. The molecule has 22 heavy (non-hydrogen) atoms. The Kier molecular flexibility index (Phi) is 5.69. The molecule has 0 atom stereocenters. The van der Waals surface area contributed by atoms with E-state index in [1.807, 2.05) is 32.3 Å². The molecule has 1 N–H and O–H groups in total. The van der Waals surface area contributed by atoms with Crippen LogP contribution in [0.5, 0.6) is 0 Å². The van der Waals surface area contributed by atoms with Crippen LogP contribution in [0.4, 0.5) is 4.39 Å². The Morgan fingerprint density at radius 1 is 1.18 bits per heavy atom. The van der Waals surface area contributed by atoms with Crippen molar-refractivity contribution >= 4 is 21.8 Å². The van der Waals surface area contributed by atoms with Crippen molar-refractivity contribution in [3.05, 3.63) is 69.4 Å². The highest BCUT2D eigenvalue weighted by Gasteiger charge is 2.11. The van der Waals surface area contributed by atoms with E-state index in [0.29, 0.717) is 16.6 Å². The van der Waals surface area contributed by atoms with Gasteiger partial charge in [-0.25, -0.2) is 4.39 Å². The molecule has 2 aromatic rings. The summed E-state index contributed by atoms with van der Waals surface area (Å²) < 4.78 is 13.5. The average Bonchev–Trinajstić information content (AvgIpc) is 2.45. The molecule has 0 bridgehead atoms. The third-order valence-corrected chi connectivity index (χ3v) is 3.88. The third-order valence-electron chi connectivity index (χ3n) is 3.22.